The summed E-state index contributed by atoms with van der Waals surface area (Å²) in [5, 5.41) is 15.0. The minimum atomic E-state index is -1.10. The highest BCUT2D eigenvalue weighted by atomic mass is 35.5. The zero-order valence-electron chi connectivity index (χ0n) is 19.7. The number of amides is 3. The SMILES string of the molecule is NC(=O)[C@H](Cc1ccccc1)NC(=O)[C@H](Cc1ccc(O)c(Cl)c1)NC(=O)[C@@H](N)CCCN=C(N)N. The van der Waals surface area contributed by atoms with Crippen molar-refractivity contribution in [1.82, 2.24) is 10.6 Å². The largest absolute Gasteiger partial charge is 0.506 e. The first kappa shape index (κ1) is 28.4. The Balaban J connectivity index is 2.16. The van der Waals surface area contributed by atoms with E-state index in [2.05, 4.69) is 15.6 Å². The van der Waals surface area contributed by atoms with Gasteiger partial charge in [-0.05, 0) is 36.1 Å². The van der Waals surface area contributed by atoms with Gasteiger partial charge in [0.2, 0.25) is 17.7 Å². The number of rotatable bonds is 13. The fourth-order valence-corrected chi connectivity index (χ4v) is 3.60. The molecule has 0 radical (unpaired) electrons. The standard InChI is InChI=1S/C24H32ClN7O4/c25-16-11-15(8-9-20(16)33)13-19(32-22(35)17(26)7-4-10-30-24(28)29)23(36)31-18(21(27)34)12-14-5-2-1-3-6-14/h1-3,5-6,8-9,11,17-19,33H,4,7,10,12-13,26H2,(H2,27,34)(H,31,36)(H,32,35)(H4,28,29,30)/t17-,18-,19-/m0/s1. The van der Waals surface area contributed by atoms with E-state index in [0.29, 0.717) is 18.5 Å². The van der Waals surface area contributed by atoms with Crippen molar-refractivity contribution in [3.05, 3.63) is 64.7 Å². The molecule has 0 saturated carbocycles. The Bertz CT molecular complexity index is 1080. The fraction of sp³-hybridized carbons (Fsp3) is 0.333. The third-order valence-electron chi connectivity index (χ3n) is 5.33. The van der Waals surface area contributed by atoms with Crippen molar-refractivity contribution in [2.45, 2.75) is 43.8 Å². The molecule has 0 fully saturated rings. The summed E-state index contributed by atoms with van der Waals surface area (Å²) >= 11 is 5.99. The van der Waals surface area contributed by atoms with Gasteiger partial charge in [0.25, 0.3) is 0 Å². The summed E-state index contributed by atoms with van der Waals surface area (Å²) in [4.78, 5) is 41.8. The summed E-state index contributed by atoms with van der Waals surface area (Å²) < 4.78 is 0. The molecule has 0 heterocycles. The lowest BCUT2D eigenvalue weighted by molar-refractivity contribution is -0.131. The molecular formula is C24H32ClN7O4. The maximum Gasteiger partial charge on any atom is 0.243 e. The second-order valence-electron chi connectivity index (χ2n) is 8.26. The van der Waals surface area contributed by atoms with Crippen LogP contribution in [0.25, 0.3) is 0 Å². The van der Waals surface area contributed by atoms with Crippen molar-refractivity contribution in [2.24, 2.45) is 27.9 Å². The summed E-state index contributed by atoms with van der Waals surface area (Å²) in [5.74, 6) is -2.09. The number of hydrogen-bond acceptors (Lipinski definition) is 6. The number of primary amides is 1. The number of carbonyl (C=O) groups excluding carboxylic acids is 3. The van der Waals surface area contributed by atoms with Crippen LogP contribution in [-0.4, -0.2) is 53.5 Å². The van der Waals surface area contributed by atoms with Gasteiger partial charge in [0.15, 0.2) is 5.96 Å². The van der Waals surface area contributed by atoms with Gasteiger partial charge < -0.3 is 38.7 Å². The normalized spacial score (nSPS) is 13.2. The molecule has 0 unspecified atom stereocenters. The van der Waals surface area contributed by atoms with Crippen LogP contribution in [0.1, 0.15) is 24.0 Å². The number of carbonyl (C=O) groups is 3. The molecule has 3 amide bonds. The van der Waals surface area contributed by atoms with Gasteiger partial charge in [-0.2, -0.15) is 0 Å². The van der Waals surface area contributed by atoms with Crippen molar-refractivity contribution in [3.63, 3.8) is 0 Å². The second-order valence-corrected chi connectivity index (χ2v) is 8.67. The van der Waals surface area contributed by atoms with E-state index in [9.17, 15) is 19.5 Å². The van der Waals surface area contributed by atoms with Crippen LogP contribution in [-0.2, 0) is 27.2 Å². The van der Waals surface area contributed by atoms with E-state index in [1.807, 2.05) is 6.07 Å². The number of nitrogens with one attached hydrogen (secondary N) is 2. The minimum Gasteiger partial charge on any atom is -0.506 e. The molecule has 11 nitrogen and oxygen atoms in total. The summed E-state index contributed by atoms with van der Waals surface area (Å²) in [6.07, 6.45) is 0.935. The van der Waals surface area contributed by atoms with Crippen LogP contribution in [0.5, 0.6) is 5.75 Å². The molecule has 36 heavy (non-hydrogen) atoms. The molecule has 0 aliphatic rings. The Kier molecular flexibility index (Phi) is 11.0. The number of aliphatic imine (C=N–C) groups is 1. The first-order valence-electron chi connectivity index (χ1n) is 11.3. The quantitative estimate of drug-likeness (QED) is 0.106. The van der Waals surface area contributed by atoms with Crippen molar-refractivity contribution in [3.8, 4) is 5.75 Å². The monoisotopic (exact) mass is 517 g/mol. The predicted octanol–water partition coefficient (Wildman–Crippen LogP) is -0.333. The van der Waals surface area contributed by atoms with E-state index in [-0.39, 0.29) is 36.0 Å². The summed E-state index contributed by atoms with van der Waals surface area (Å²) in [6, 6.07) is 10.5. The van der Waals surface area contributed by atoms with E-state index in [0.717, 1.165) is 5.56 Å². The molecule has 2 aromatic carbocycles. The molecule has 0 aromatic heterocycles. The minimum absolute atomic E-state index is 0.0229. The Hall–Kier alpha value is -3.83. The molecule has 0 aliphatic carbocycles. The van der Waals surface area contributed by atoms with Gasteiger partial charge >= 0.3 is 0 Å². The molecule has 3 atom stereocenters. The third-order valence-corrected chi connectivity index (χ3v) is 5.63. The summed E-state index contributed by atoms with van der Waals surface area (Å²) in [6.45, 7) is 0.305. The number of phenols is 1. The Morgan fingerprint density at radius 2 is 1.56 bits per heavy atom. The molecule has 0 bridgehead atoms. The summed E-state index contributed by atoms with van der Waals surface area (Å²) in [5.41, 5.74) is 23.5. The molecule has 2 rings (SSSR count). The van der Waals surface area contributed by atoms with E-state index in [1.54, 1.807) is 30.3 Å². The van der Waals surface area contributed by atoms with E-state index in [1.165, 1.54) is 12.1 Å². The molecule has 0 saturated heterocycles. The van der Waals surface area contributed by atoms with Crippen LogP contribution in [0.4, 0.5) is 0 Å². The number of aromatic hydroxyl groups is 1. The first-order chi connectivity index (χ1) is 17.1. The first-order valence-corrected chi connectivity index (χ1v) is 11.7. The Labute approximate surface area is 214 Å². The number of nitrogens with two attached hydrogens (primary N) is 4. The zero-order chi connectivity index (χ0) is 26.7. The highest BCUT2D eigenvalue weighted by Crippen LogP contribution is 2.24. The number of phenolic OH excluding ortho intramolecular Hbond substituents is 1. The maximum absolute atomic E-state index is 13.2. The van der Waals surface area contributed by atoms with Gasteiger partial charge in [0.05, 0.1) is 11.1 Å². The third kappa shape index (κ3) is 9.43. The van der Waals surface area contributed by atoms with Crippen LogP contribution >= 0.6 is 11.6 Å². The lowest BCUT2D eigenvalue weighted by Crippen LogP contribution is -2.56. The van der Waals surface area contributed by atoms with Crippen LogP contribution in [0.2, 0.25) is 5.02 Å². The van der Waals surface area contributed by atoms with Gasteiger partial charge in [0.1, 0.15) is 17.8 Å². The van der Waals surface area contributed by atoms with Crippen molar-refractivity contribution < 1.29 is 19.5 Å². The number of benzene rings is 2. The van der Waals surface area contributed by atoms with Crippen molar-refractivity contribution >= 4 is 35.3 Å². The fourth-order valence-electron chi connectivity index (χ4n) is 3.40. The molecular weight excluding hydrogens is 486 g/mol. The van der Waals surface area contributed by atoms with E-state index in [4.69, 9.17) is 34.5 Å². The van der Waals surface area contributed by atoms with Crippen LogP contribution in [0.3, 0.4) is 0 Å². The number of hydrogen-bond donors (Lipinski definition) is 7. The molecule has 194 valence electrons. The van der Waals surface area contributed by atoms with Gasteiger partial charge in [0, 0.05) is 19.4 Å². The summed E-state index contributed by atoms with van der Waals surface area (Å²) in [7, 11) is 0. The molecule has 12 heteroatoms. The lowest BCUT2D eigenvalue weighted by atomic mass is 10.0. The highest BCUT2D eigenvalue weighted by Gasteiger charge is 2.28. The molecule has 0 aliphatic heterocycles. The van der Waals surface area contributed by atoms with E-state index < -0.39 is 35.8 Å². The lowest BCUT2D eigenvalue weighted by Gasteiger charge is -2.23. The number of guanidine groups is 1. The van der Waals surface area contributed by atoms with Crippen molar-refractivity contribution in [1.29, 1.82) is 0 Å². The molecule has 2 aromatic rings. The predicted molar refractivity (Wildman–Crippen MR) is 138 cm³/mol. The van der Waals surface area contributed by atoms with Gasteiger partial charge in [-0.1, -0.05) is 48.0 Å². The van der Waals surface area contributed by atoms with E-state index >= 15 is 0 Å². The number of nitrogens with zero attached hydrogens (tertiary/aromatic N) is 1. The Morgan fingerprint density at radius 3 is 2.17 bits per heavy atom. The topological polar surface area (TPSA) is 212 Å². The number of halogens is 1. The Morgan fingerprint density at radius 1 is 0.917 bits per heavy atom. The molecule has 11 N–H and O–H groups in total. The highest BCUT2D eigenvalue weighted by molar-refractivity contribution is 6.32. The van der Waals surface area contributed by atoms with Gasteiger partial charge in [-0.25, -0.2) is 0 Å². The smallest absolute Gasteiger partial charge is 0.243 e. The van der Waals surface area contributed by atoms with Crippen LogP contribution < -0.4 is 33.6 Å². The molecule has 0 spiro atoms. The average molecular weight is 518 g/mol. The maximum atomic E-state index is 13.2. The van der Waals surface area contributed by atoms with Crippen LogP contribution in [0, 0.1) is 0 Å². The zero-order valence-corrected chi connectivity index (χ0v) is 20.4. The van der Waals surface area contributed by atoms with Gasteiger partial charge in [-0.15, -0.1) is 0 Å². The van der Waals surface area contributed by atoms with Crippen molar-refractivity contribution in [2.75, 3.05) is 6.54 Å². The van der Waals surface area contributed by atoms with Gasteiger partial charge in [-0.3, -0.25) is 19.4 Å². The average Bonchev–Trinajstić information content (AvgIpc) is 2.83. The van der Waals surface area contributed by atoms with Crippen LogP contribution in [0.15, 0.2) is 53.5 Å². The second kappa shape index (κ2) is 13.9.